The summed E-state index contributed by atoms with van der Waals surface area (Å²) in [7, 11) is 0. The first kappa shape index (κ1) is 13.1. The molecule has 0 amide bonds. The summed E-state index contributed by atoms with van der Waals surface area (Å²) in [5.74, 6) is 1.12. The van der Waals surface area contributed by atoms with E-state index in [0.29, 0.717) is 12.0 Å². The van der Waals surface area contributed by atoms with Crippen molar-refractivity contribution in [2.45, 2.75) is 26.2 Å². The van der Waals surface area contributed by atoms with E-state index in [4.69, 9.17) is 0 Å². The molecule has 1 saturated heterocycles. The SMILES string of the molecule is C[C@H]1CCCN(CCC(=O)c2ccc(O)cc2)C1. The molecule has 3 nitrogen and oxygen atoms in total. The minimum absolute atomic E-state index is 0.160. The van der Waals surface area contributed by atoms with Crippen molar-refractivity contribution in [3.63, 3.8) is 0 Å². The van der Waals surface area contributed by atoms with E-state index in [1.165, 1.54) is 12.8 Å². The number of ketones is 1. The summed E-state index contributed by atoms with van der Waals surface area (Å²) in [5.41, 5.74) is 0.692. The van der Waals surface area contributed by atoms with Crippen molar-refractivity contribution < 1.29 is 9.90 Å². The summed E-state index contributed by atoms with van der Waals surface area (Å²) in [6.07, 6.45) is 3.12. The Morgan fingerprint density at radius 1 is 1.39 bits per heavy atom. The molecule has 1 aliphatic rings. The second kappa shape index (κ2) is 6.01. The van der Waals surface area contributed by atoms with Crippen LogP contribution in [0.5, 0.6) is 5.75 Å². The first-order valence-corrected chi connectivity index (χ1v) is 6.70. The number of likely N-dealkylation sites (tertiary alicyclic amines) is 1. The highest BCUT2D eigenvalue weighted by atomic mass is 16.3. The lowest BCUT2D eigenvalue weighted by atomic mass is 9.99. The Morgan fingerprint density at radius 3 is 2.78 bits per heavy atom. The van der Waals surface area contributed by atoms with Gasteiger partial charge in [-0.3, -0.25) is 4.79 Å². The molecule has 98 valence electrons. The lowest BCUT2D eigenvalue weighted by molar-refractivity contribution is 0.0949. The number of phenolic OH excluding ortho intramolecular Hbond substituents is 1. The number of rotatable bonds is 4. The van der Waals surface area contributed by atoms with Crippen LogP contribution in [0.3, 0.4) is 0 Å². The Hall–Kier alpha value is -1.35. The average molecular weight is 247 g/mol. The Labute approximate surface area is 108 Å². The van der Waals surface area contributed by atoms with Crippen molar-refractivity contribution in [3.05, 3.63) is 29.8 Å². The molecule has 0 unspecified atom stereocenters. The molecule has 3 heteroatoms. The molecule has 0 spiro atoms. The Balaban J connectivity index is 1.82. The zero-order valence-electron chi connectivity index (χ0n) is 10.9. The second-order valence-corrected chi connectivity index (χ2v) is 5.27. The van der Waals surface area contributed by atoms with E-state index in [1.54, 1.807) is 24.3 Å². The molecular formula is C15H21NO2. The Bertz CT molecular complexity index is 399. The van der Waals surface area contributed by atoms with Gasteiger partial charge in [-0.05, 0) is 49.6 Å². The van der Waals surface area contributed by atoms with Gasteiger partial charge >= 0.3 is 0 Å². The van der Waals surface area contributed by atoms with Crippen molar-refractivity contribution in [3.8, 4) is 5.75 Å². The van der Waals surface area contributed by atoms with Gasteiger partial charge in [-0.1, -0.05) is 6.92 Å². The van der Waals surface area contributed by atoms with Crippen LogP contribution in [0.1, 0.15) is 36.5 Å². The number of nitrogens with zero attached hydrogens (tertiary/aromatic N) is 1. The van der Waals surface area contributed by atoms with Crippen LogP contribution < -0.4 is 0 Å². The maximum atomic E-state index is 12.0. The number of Topliss-reactive ketones (excluding diaryl/α,β-unsaturated/α-hetero) is 1. The van der Waals surface area contributed by atoms with E-state index in [1.807, 2.05) is 0 Å². The fourth-order valence-corrected chi connectivity index (χ4v) is 2.54. The zero-order chi connectivity index (χ0) is 13.0. The predicted molar refractivity (Wildman–Crippen MR) is 71.9 cm³/mol. The third-order valence-corrected chi connectivity index (χ3v) is 3.59. The average Bonchev–Trinajstić information content (AvgIpc) is 2.37. The summed E-state index contributed by atoms with van der Waals surface area (Å²) in [6, 6.07) is 6.51. The highest BCUT2D eigenvalue weighted by Gasteiger charge is 2.17. The normalized spacial score (nSPS) is 20.8. The van der Waals surface area contributed by atoms with Gasteiger partial charge in [-0.15, -0.1) is 0 Å². The Kier molecular flexibility index (Phi) is 4.37. The second-order valence-electron chi connectivity index (χ2n) is 5.27. The van der Waals surface area contributed by atoms with Crippen LogP contribution in [-0.4, -0.2) is 35.4 Å². The van der Waals surface area contributed by atoms with Gasteiger partial charge in [0.15, 0.2) is 5.78 Å². The van der Waals surface area contributed by atoms with E-state index in [9.17, 15) is 9.90 Å². The van der Waals surface area contributed by atoms with E-state index in [-0.39, 0.29) is 11.5 Å². The van der Waals surface area contributed by atoms with Crippen LogP contribution >= 0.6 is 0 Å². The minimum atomic E-state index is 0.160. The lowest BCUT2D eigenvalue weighted by Crippen LogP contribution is -2.35. The van der Waals surface area contributed by atoms with E-state index < -0.39 is 0 Å². The number of carbonyl (C=O) groups excluding carboxylic acids is 1. The largest absolute Gasteiger partial charge is 0.508 e. The minimum Gasteiger partial charge on any atom is -0.508 e. The molecule has 1 fully saturated rings. The lowest BCUT2D eigenvalue weighted by Gasteiger charge is -2.30. The predicted octanol–water partition coefficient (Wildman–Crippen LogP) is 2.70. The van der Waals surface area contributed by atoms with Crippen LogP contribution in [0.15, 0.2) is 24.3 Å². The fraction of sp³-hybridized carbons (Fsp3) is 0.533. The third-order valence-electron chi connectivity index (χ3n) is 3.59. The molecule has 1 aliphatic heterocycles. The summed E-state index contributed by atoms with van der Waals surface area (Å²) in [6.45, 7) is 5.36. The number of benzene rings is 1. The number of piperidine rings is 1. The topological polar surface area (TPSA) is 40.5 Å². The zero-order valence-corrected chi connectivity index (χ0v) is 10.9. The molecule has 1 aromatic carbocycles. The number of hydrogen-bond donors (Lipinski definition) is 1. The number of carbonyl (C=O) groups is 1. The summed E-state index contributed by atoms with van der Waals surface area (Å²) >= 11 is 0. The quantitative estimate of drug-likeness (QED) is 0.832. The fourth-order valence-electron chi connectivity index (χ4n) is 2.54. The first-order valence-electron chi connectivity index (χ1n) is 6.70. The van der Waals surface area contributed by atoms with Gasteiger partial charge in [0.2, 0.25) is 0 Å². The van der Waals surface area contributed by atoms with Crippen LogP contribution in [0, 0.1) is 5.92 Å². The van der Waals surface area contributed by atoms with Crippen molar-refractivity contribution in [1.82, 2.24) is 4.90 Å². The molecule has 1 atom stereocenters. The molecule has 0 aromatic heterocycles. The summed E-state index contributed by atoms with van der Waals surface area (Å²) in [4.78, 5) is 14.4. The van der Waals surface area contributed by atoms with Gasteiger partial charge in [0, 0.05) is 25.1 Å². The third kappa shape index (κ3) is 3.57. The molecule has 2 rings (SSSR count). The number of hydrogen-bond acceptors (Lipinski definition) is 3. The van der Waals surface area contributed by atoms with Crippen molar-refractivity contribution in [2.75, 3.05) is 19.6 Å². The van der Waals surface area contributed by atoms with E-state index in [0.717, 1.165) is 25.6 Å². The molecule has 0 bridgehead atoms. The summed E-state index contributed by atoms with van der Waals surface area (Å²) < 4.78 is 0. The molecule has 0 aliphatic carbocycles. The molecule has 1 heterocycles. The van der Waals surface area contributed by atoms with Gasteiger partial charge in [-0.2, -0.15) is 0 Å². The molecule has 1 aromatic rings. The number of aromatic hydroxyl groups is 1. The molecule has 18 heavy (non-hydrogen) atoms. The van der Waals surface area contributed by atoms with Gasteiger partial charge in [-0.25, -0.2) is 0 Å². The monoisotopic (exact) mass is 247 g/mol. The number of phenols is 1. The van der Waals surface area contributed by atoms with Gasteiger partial charge in [0.25, 0.3) is 0 Å². The van der Waals surface area contributed by atoms with Crippen molar-refractivity contribution >= 4 is 5.78 Å². The van der Waals surface area contributed by atoms with E-state index in [2.05, 4.69) is 11.8 Å². The van der Waals surface area contributed by atoms with Crippen LogP contribution in [0.25, 0.3) is 0 Å². The van der Waals surface area contributed by atoms with Gasteiger partial charge < -0.3 is 10.0 Å². The van der Waals surface area contributed by atoms with Crippen LogP contribution in [-0.2, 0) is 0 Å². The van der Waals surface area contributed by atoms with Crippen LogP contribution in [0.4, 0.5) is 0 Å². The van der Waals surface area contributed by atoms with Crippen molar-refractivity contribution in [2.24, 2.45) is 5.92 Å². The standard InChI is InChI=1S/C15H21NO2/c1-12-3-2-9-16(11-12)10-8-15(18)13-4-6-14(17)7-5-13/h4-7,12,17H,2-3,8-11H2,1H3/t12-/m0/s1. The highest BCUT2D eigenvalue weighted by molar-refractivity contribution is 5.96. The molecule has 0 saturated carbocycles. The van der Waals surface area contributed by atoms with Gasteiger partial charge in [0.05, 0.1) is 0 Å². The maximum Gasteiger partial charge on any atom is 0.164 e. The molecule has 0 radical (unpaired) electrons. The Morgan fingerprint density at radius 2 is 2.11 bits per heavy atom. The van der Waals surface area contributed by atoms with Crippen molar-refractivity contribution in [1.29, 1.82) is 0 Å². The first-order chi connectivity index (χ1) is 8.65. The molecular weight excluding hydrogens is 226 g/mol. The van der Waals surface area contributed by atoms with Gasteiger partial charge in [0.1, 0.15) is 5.75 Å². The summed E-state index contributed by atoms with van der Waals surface area (Å²) in [5, 5.41) is 9.18. The smallest absolute Gasteiger partial charge is 0.164 e. The van der Waals surface area contributed by atoms with Crippen LogP contribution in [0.2, 0.25) is 0 Å². The maximum absolute atomic E-state index is 12.0. The van der Waals surface area contributed by atoms with E-state index >= 15 is 0 Å². The molecule has 1 N–H and O–H groups in total. The highest BCUT2D eigenvalue weighted by Crippen LogP contribution is 2.16.